The molecular weight excluding hydrogens is 286 g/mol. The van der Waals surface area contributed by atoms with E-state index in [2.05, 4.69) is 25.2 Å². The van der Waals surface area contributed by atoms with E-state index in [1.165, 1.54) is 5.56 Å². The van der Waals surface area contributed by atoms with Crippen LogP contribution < -0.4 is 10.2 Å². The van der Waals surface area contributed by atoms with Gasteiger partial charge in [-0.05, 0) is 51.1 Å². The number of carbonyl (C=O) groups is 1. The quantitative estimate of drug-likeness (QED) is 0.916. The van der Waals surface area contributed by atoms with Crippen molar-refractivity contribution in [3.63, 3.8) is 0 Å². The Hall–Kier alpha value is -2.80. The fourth-order valence-corrected chi connectivity index (χ4v) is 2.33. The average Bonchev–Trinajstić information content (AvgIpc) is 2.53. The van der Waals surface area contributed by atoms with Crippen LogP contribution >= 0.6 is 0 Å². The minimum atomic E-state index is -0.102. The summed E-state index contributed by atoms with van der Waals surface area (Å²) in [6.45, 7) is 6.42. The zero-order chi connectivity index (χ0) is 16.8. The van der Waals surface area contributed by atoms with Gasteiger partial charge in [0.25, 0.3) is 0 Å². The van der Waals surface area contributed by atoms with Crippen LogP contribution in [0.1, 0.15) is 25.0 Å². The Morgan fingerprint density at radius 3 is 2.52 bits per heavy atom. The molecule has 0 aliphatic heterocycles. The summed E-state index contributed by atoms with van der Waals surface area (Å²) < 4.78 is 0. The van der Waals surface area contributed by atoms with Crippen LogP contribution in [0, 0.1) is 18.3 Å². The van der Waals surface area contributed by atoms with Crippen molar-refractivity contribution >= 4 is 17.3 Å². The van der Waals surface area contributed by atoms with E-state index in [0.29, 0.717) is 11.3 Å². The summed E-state index contributed by atoms with van der Waals surface area (Å²) in [5.41, 5.74) is 3.38. The number of hydrogen-bond acceptors (Lipinski definition) is 3. The van der Waals surface area contributed by atoms with E-state index in [1.54, 1.807) is 24.3 Å². The molecular formula is C19H21N3O. The molecule has 0 spiro atoms. The van der Waals surface area contributed by atoms with Crippen molar-refractivity contribution in [2.75, 3.05) is 16.8 Å². The van der Waals surface area contributed by atoms with Gasteiger partial charge in [-0.3, -0.25) is 4.79 Å². The molecule has 0 aliphatic carbocycles. The summed E-state index contributed by atoms with van der Waals surface area (Å²) >= 11 is 0. The van der Waals surface area contributed by atoms with Crippen LogP contribution in [-0.2, 0) is 4.79 Å². The van der Waals surface area contributed by atoms with E-state index in [4.69, 9.17) is 5.26 Å². The Kier molecular flexibility index (Phi) is 5.37. The van der Waals surface area contributed by atoms with E-state index in [-0.39, 0.29) is 18.5 Å². The molecule has 2 rings (SSSR count). The van der Waals surface area contributed by atoms with Crippen LogP contribution in [0.15, 0.2) is 48.5 Å². The lowest BCUT2D eigenvalue weighted by Gasteiger charge is -2.28. The lowest BCUT2D eigenvalue weighted by atomic mass is 10.2. The standard InChI is InChI=1S/C19H21N3O/c1-14(2)22(18-9-7-15(3)8-10-18)13-19(23)21-17-6-4-5-16(11-17)12-20/h4-11,14H,13H2,1-3H3,(H,21,23). The first-order valence-corrected chi connectivity index (χ1v) is 7.63. The smallest absolute Gasteiger partial charge is 0.243 e. The zero-order valence-electron chi connectivity index (χ0n) is 13.7. The van der Waals surface area contributed by atoms with Gasteiger partial charge in [-0.2, -0.15) is 5.26 Å². The van der Waals surface area contributed by atoms with E-state index in [0.717, 1.165) is 5.69 Å². The minimum absolute atomic E-state index is 0.102. The number of rotatable bonds is 5. The third kappa shape index (κ3) is 4.58. The Labute approximate surface area is 137 Å². The van der Waals surface area contributed by atoms with Gasteiger partial charge in [0.05, 0.1) is 18.2 Å². The van der Waals surface area contributed by atoms with Crippen LogP contribution in [0.5, 0.6) is 0 Å². The summed E-state index contributed by atoms with van der Waals surface area (Å²) in [7, 11) is 0. The van der Waals surface area contributed by atoms with E-state index in [1.807, 2.05) is 36.1 Å². The SMILES string of the molecule is Cc1ccc(N(CC(=O)Nc2cccc(C#N)c2)C(C)C)cc1. The van der Waals surface area contributed by atoms with Crippen LogP contribution in [0.2, 0.25) is 0 Å². The predicted octanol–water partition coefficient (Wildman–Crippen LogP) is 3.72. The van der Waals surface area contributed by atoms with Crippen LogP contribution in [0.4, 0.5) is 11.4 Å². The number of anilines is 2. The lowest BCUT2D eigenvalue weighted by molar-refractivity contribution is -0.115. The molecule has 4 heteroatoms. The molecule has 0 saturated heterocycles. The summed E-state index contributed by atoms with van der Waals surface area (Å²) in [5.74, 6) is -0.102. The number of amides is 1. The second-order valence-electron chi connectivity index (χ2n) is 5.80. The molecule has 0 heterocycles. The summed E-state index contributed by atoms with van der Waals surface area (Å²) in [4.78, 5) is 14.4. The van der Waals surface area contributed by atoms with Crippen molar-refractivity contribution in [2.24, 2.45) is 0 Å². The van der Waals surface area contributed by atoms with Crippen LogP contribution in [0.25, 0.3) is 0 Å². The summed E-state index contributed by atoms with van der Waals surface area (Å²) in [6, 6.07) is 17.3. The maximum atomic E-state index is 12.3. The molecule has 23 heavy (non-hydrogen) atoms. The summed E-state index contributed by atoms with van der Waals surface area (Å²) in [5, 5.41) is 11.8. The second kappa shape index (κ2) is 7.46. The van der Waals surface area contributed by atoms with Crippen molar-refractivity contribution in [1.82, 2.24) is 0 Å². The number of carbonyl (C=O) groups excluding carboxylic acids is 1. The van der Waals surface area contributed by atoms with E-state index >= 15 is 0 Å². The zero-order valence-corrected chi connectivity index (χ0v) is 13.7. The molecule has 0 aromatic heterocycles. The average molecular weight is 307 g/mol. The number of nitrogens with one attached hydrogen (secondary N) is 1. The highest BCUT2D eigenvalue weighted by molar-refractivity contribution is 5.94. The first-order valence-electron chi connectivity index (χ1n) is 7.63. The van der Waals surface area contributed by atoms with Gasteiger partial charge in [0, 0.05) is 17.4 Å². The third-order valence-electron chi connectivity index (χ3n) is 3.58. The molecule has 2 aromatic carbocycles. The maximum Gasteiger partial charge on any atom is 0.243 e. The molecule has 118 valence electrons. The Balaban J connectivity index is 2.09. The molecule has 2 aromatic rings. The monoisotopic (exact) mass is 307 g/mol. The first-order chi connectivity index (χ1) is 11.0. The van der Waals surface area contributed by atoms with Crippen molar-refractivity contribution in [3.05, 3.63) is 59.7 Å². The minimum Gasteiger partial charge on any atom is -0.360 e. The topological polar surface area (TPSA) is 56.1 Å². The van der Waals surface area contributed by atoms with E-state index in [9.17, 15) is 4.79 Å². The highest BCUT2D eigenvalue weighted by Crippen LogP contribution is 2.18. The molecule has 0 atom stereocenters. The number of nitriles is 1. The van der Waals surface area contributed by atoms with Gasteiger partial charge in [0.1, 0.15) is 0 Å². The van der Waals surface area contributed by atoms with Crippen molar-refractivity contribution in [2.45, 2.75) is 26.8 Å². The fraction of sp³-hybridized carbons (Fsp3) is 0.263. The normalized spacial score (nSPS) is 10.2. The van der Waals surface area contributed by atoms with Gasteiger partial charge in [0.15, 0.2) is 0 Å². The number of nitrogens with zero attached hydrogens (tertiary/aromatic N) is 2. The molecule has 4 nitrogen and oxygen atoms in total. The first kappa shape index (κ1) is 16.6. The third-order valence-corrected chi connectivity index (χ3v) is 3.58. The Morgan fingerprint density at radius 2 is 1.91 bits per heavy atom. The molecule has 0 unspecified atom stereocenters. The molecule has 0 radical (unpaired) electrons. The van der Waals surface area contributed by atoms with Crippen molar-refractivity contribution in [3.8, 4) is 6.07 Å². The summed E-state index contributed by atoms with van der Waals surface area (Å²) in [6.07, 6.45) is 0. The van der Waals surface area contributed by atoms with Gasteiger partial charge < -0.3 is 10.2 Å². The van der Waals surface area contributed by atoms with Crippen molar-refractivity contribution < 1.29 is 4.79 Å². The highest BCUT2D eigenvalue weighted by atomic mass is 16.2. The molecule has 0 fully saturated rings. The molecule has 0 bridgehead atoms. The lowest BCUT2D eigenvalue weighted by Crippen LogP contribution is -2.38. The fourth-order valence-electron chi connectivity index (χ4n) is 2.33. The predicted molar refractivity (Wildman–Crippen MR) is 93.4 cm³/mol. The van der Waals surface area contributed by atoms with Crippen LogP contribution in [-0.4, -0.2) is 18.5 Å². The highest BCUT2D eigenvalue weighted by Gasteiger charge is 2.15. The molecule has 1 N–H and O–H groups in total. The molecule has 0 aliphatic rings. The van der Waals surface area contributed by atoms with Crippen molar-refractivity contribution in [1.29, 1.82) is 5.26 Å². The molecule has 1 amide bonds. The number of hydrogen-bond donors (Lipinski definition) is 1. The Bertz CT molecular complexity index is 714. The van der Waals surface area contributed by atoms with Gasteiger partial charge >= 0.3 is 0 Å². The largest absolute Gasteiger partial charge is 0.360 e. The van der Waals surface area contributed by atoms with Gasteiger partial charge in [-0.25, -0.2) is 0 Å². The second-order valence-corrected chi connectivity index (χ2v) is 5.80. The number of benzene rings is 2. The van der Waals surface area contributed by atoms with Gasteiger partial charge in [-0.15, -0.1) is 0 Å². The maximum absolute atomic E-state index is 12.3. The molecule has 0 saturated carbocycles. The van der Waals surface area contributed by atoms with Gasteiger partial charge in [0.2, 0.25) is 5.91 Å². The van der Waals surface area contributed by atoms with Crippen LogP contribution in [0.3, 0.4) is 0 Å². The number of aryl methyl sites for hydroxylation is 1. The Morgan fingerprint density at radius 1 is 1.22 bits per heavy atom. The van der Waals surface area contributed by atoms with Gasteiger partial charge in [-0.1, -0.05) is 23.8 Å². The van der Waals surface area contributed by atoms with E-state index < -0.39 is 0 Å².